The van der Waals surface area contributed by atoms with E-state index in [0.717, 1.165) is 0 Å². The molecule has 3 heterocycles. The number of nitrogens with zero attached hydrogens (tertiary/aromatic N) is 4. The summed E-state index contributed by atoms with van der Waals surface area (Å²) in [5.41, 5.74) is -0.112. The van der Waals surface area contributed by atoms with E-state index < -0.39 is 23.2 Å². The summed E-state index contributed by atoms with van der Waals surface area (Å²) in [7, 11) is 0. The molecule has 0 saturated carbocycles. The number of aromatic nitrogens is 2. The predicted octanol–water partition coefficient (Wildman–Crippen LogP) is 2.57. The van der Waals surface area contributed by atoms with E-state index in [0.29, 0.717) is 17.9 Å². The number of fused-ring (bicyclic) bond motifs is 1. The van der Waals surface area contributed by atoms with Gasteiger partial charge in [-0.1, -0.05) is 0 Å². The number of hydrogen-bond acceptors (Lipinski definition) is 6. The second kappa shape index (κ2) is 6.79. The molecule has 0 spiro atoms. The van der Waals surface area contributed by atoms with Gasteiger partial charge in [0.15, 0.2) is 0 Å². The maximum atomic E-state index is 12.6. The van der Waals surface area contributed by atoms with Gasteiger partial charge in [-0.3, -0.25) is 19.3 Å². The van der Waals surface area contributed by atoms with Crippen LogP contribution in [-0.4, -0.2) is 57.4 Å². The zero-order valence-corrected chi connectivity index (χ0v) is 17.3. The molecular weight excluding hydrogens is 364 g/mol. The molecule has 28 heavy (non-hydrogen) atoms. The molecule has 1 aromatic heterocycles. The number of ether oxygens (including phenoxy) is 2. The predicted molar refractivity (Wildman–Crippen MR) is 101 cm³/mol. The summed E-state index contributed by atoms with van der Waals surface area (Å²) in [5, 5.41) is 4.38. The van der Waals surface area contributed by atoms with E-state index in [2.05, 4.69) is 5.10 Å². The van der Waals surface area contributed by atoms with Gasteiger partial charge in [0, 0.05) is 6.54 Å². The van der Waals surface area contributed by atoms with Crippen LogP contribution in [0.15, 0.2) is 6.20 Å². The molecule has 0 aromatic carbocycles. The fourth-order valence-electron chi connectivity index (χ4n) is 3.33. The summed E-state index contributed by atoms with van der Waals surface area (Å²) in [4.78, 5) is 40.1. The molecule has 3 rings (SSSR count). The first-order valence-electron chi connectivity index (χ1n) is 9.41. The summed E-state index contributed by atoms with van der Waals surface area (Å²) in [6.07, 6.45) is 0.665. The van der Waals surface area contributed by atoms with Crippen molar-refractivity contribution in [1.29, 1.82) is 0 Å². The van der Waals surface area contributed by atoms with Gasteiger partial charge in [0.1, 0.15) is 18.0 Å². The number of carbonyl (C=O) groups is 3. The molecule has 1 saturated heterocycles. The smallest absolute Gasteiger partial charge is 0.414 e. The van der Waals surface area contributed by atoms with Crippen molar-refractivity contribution in [3.8, 4) is 0 Å². The van der Waals surface area contributed by atoms with Gasteiger partial charge in [-0.15, -0.1) is 0 Å². The third kappa shape index (κ3) is 3.70. The number of anilines is 1. The first-order valence-corrected chi connectivity index (χ1v) is 9.41. The lowest BCUT2D eigenvalue weighted by molar-refractivity contribution is -0.128. The highest BCUT2D eigenvalue weighted by molar-refractivity contribution is 5.93. The van der Waals surface area contributed by atoms with Crippen LogP contribution in [0.1, 0.15) is 47.2 Å². The van der Waals surface area contributed by atoms with Gasteiger partial charge in [-0.05, 0) is 41.5 Å². The molecule has 1 aromatic rings. The van der Waals surface area contributed by atoms with Crippen molar-refractivity contribution in [3.05, 3.63) is 11.9 Å². The number of carbonyl (C=O) groups excluding carboxylic acids is 3. The topological polar surface area (TPSA) is 94.0 Å². The molecule has 154 valence electrons. The molecule has 2 aliphatic heterocycles. The largest absolute Gasteiger partial charge is 0.448 e. The van der Waals surface area contributed by atoms with Crippen LogP contribution < -0.4 is 4.90 Å². The van der Waals surface area contributed by atoms with Gasteiger partial charge in [-0.2, -0.15) is 5.10 Å². The number of amides is 2. The van der Waals surface area contributed by atoms with Crippen molar-refractivity contribution in [3.63, 3.8) is 0 Å². The number of Topliss-reactive ketones (excluding diaryl/α,β-unsaturated/α-hetero) is 1. The Balaban J connectivity index is 1.89. The zero-order valence-electron chi connectivity index (χ0n) is 17.3. The highest BCUT2D eigenvalue weighted by atomic mass is 16.6. The third-order valence-electron chi connectivity index (χ3n) is 5.23. The summed E-state index contributed by atoms with van der Waals surface area (Å²) in [6, 6.07) is -0.106. The van der Waals surface area contributed by atoms with E-state index in [1.54, 1.807) is 22.7 Å². The number of ketones is 1. The highest BCUT2D eigenvalue weighted by Crippen LogP contribution is 2.33. The molecule has 9 nitrogen and oxygen atoms in total. The minimum atomic E-state index is -0.782. The van der Waals surface area contributed by atoms with Crippen molar-refractivity contribution in [2.45, 2.75) is 66.3 Å². The van der Waals surface area contributed by atoms with Crippen LogP contribution in [0.25, 0.3) is 0 Å². The first kappa shape index (κ1) is 20.2. The molecular formula is C19H28N4O5. The molecule has 0 aliphatic carbocycles. The van der Waals surface area contributed by atoms with Gasteiger partial charge in [0.25, 0.3) is 0 Å². The Morgan fingerprint density at radius 1 is 1.36 bits per heavy atom. The minimum absolute atomic E-state index is 0.0463. The molecule has 0 N–H and O–H groups in total. The van der Waals surface area contributed by atoms with E-state index in [9.17, 15) is 14.4 Å². The second-order valence-corrected chi connectivity index (χ2v) is 8.87. The van der Waals surface area contributed by atoms with Gasteiger partial charge in [0.05, 0.1) is 42.1 Å². The number of rotatable bonds is 2. The van der Waals surface area contributed by atoms with Gasteiger partial charge >= 0.3 is 12.2 Å². The number of cyclic esters (lactones) is 1. The lowest BCUT2D eigenvalue weighted by Crippen LogP contribution is -2.52. The Labute approximate surface area is 164 Å². The van der Waals surface area contributed by atoms with Crippen molar-refractivity contribution in [1.82, 2.24) is 14.7 Å². The lowest BCUT2D eigenvalue weighted by Gasteiger charge is -2.39. The zero-order chi connectivity index (χ0) is 20.9. The third-order valence-corrected chi connectivity index (χ3v) is 5.23. The molecule has 9 heteroatoms. The average molecular weight is 392 g/mol. The Bertz CT molecular complexity index is 812. The van der Waals surface area contributed by atoms with Crippen LogP contribution in [0.3, 0.4) is 0 Å². The molecule has 2 amide bonds. The Morgan fingerprint density at radius 3 is 2.64 bits per heavy atom. The van der Waals surface area contributed by atoms with Crippen LogP contribution in [0.2, 0.25) is 0 Å². The lowest BCUT2D eigenvalue weighted by atomic mass is 9.85. The van der Waals surface area contributed by atoms with Crippen LogP contribution in [-0.2, 0) is 27.4 Å². The van der Waals surface area contributed by atoms with Gasteiger partial charge < -0.3 is 9.47 Å². The summed E-state index contributed by atoms with van der Waals surface area (Å²) in [5.74, 6) is -0.0463. The number of hydrogen-bond donors (Lipinski definition) is 0. The van der Waals surface area contributed by atoms with Gasteiger partial charge in [0.2, 0.25) is 0 Å². The quantitative estimate of drug-likeness (QED) is 0.768. The van der Waals surface area contributed by atoms with Crippen LogP contribution in [0.4, 0.5) is 15.3 Å². The average Bonchev–Trinajstić information content (AvgIpc) is 2.97. The monoisotopic (exact) mass is 392 g/mol. The second-order valence-electron chi connectivity index (χ2n) is 8.87. The molecule has 2 atom stereocenters. The fourth-order valence-corrected chi connectivity index (χ4v) is 3.33. The Kier molecular flexibility index (Phi) is 4.89. The van der Waals surface area contributed by atoms with E-state index in [4.69, 9.17) is 9.47 Å². The van der Waals surface area contributed by atoms with E-state index in [-0.39, 0.29) is 31.5 Å². The highest BCUT2D eigenvalue weighted by Gasteiger charge is 2.43. The molecule has 0 bridgehead atoms. The first-order chi connectivity index (χ1) is 12.9. The van der Waals surface area contributed by atoms with Crippen LogP contribution >= 0.6 is 0 Å². The van der Waals surface area contributed by atoms with Gasteiger partial charge in [-0.25, -0.2) is 9.59 Å². The van der Waals surface area contributed by atoms with Crippen molar-refractivity contribution in [2.75, 3.05) is 18.1 Å². The standard InChI is InChI=1S/C19H28N4O5/c1-12-8-23-15(9-21(12)17(26)28-18(3,4)5)14(7-20-23)22-10-19(6,13(2)24)11-27-16(22)25/h7,12H,8-11H2,1-6H3/t12-,19?/m0/s1. The SMILES string of the molecule is CC(=O)C1(C)COC(=O)N(c2cnn3c2CN(C(=O)OC(C)(C)C)[C@@H](C)C3)C1. The molecule has 2 aliphatic rings. The fraction of sp³-hybridized carbons (Fsp3) is 0.684. The van der Waals surface area contributed by atoms with Crippen LogP contribution in [0, 0.1) is 5.41 Å². The molecule has 1 fully saturated rings. The van der Waals surface area contributed by atoms with Crippen molar-refractivity contribution < 1.29 is 23.9 Å². The Morgan fingerprint density at radius 2 is 2.04 bits per heavy atom. The van der Waals surface area contributed by atoms with E-state index in [1.165, 1.54) is 11.8 Å². The molecule has 0 radical (unpaired) electrons. The molecule has 1 unspecified atom stereocenters. The maximum absolute atomic E-state index is 12.6. The van der Waals surface area contributed by atoms with E-state index >= 15 is 0 Å². The summed E-state index contributed by atoms with van der Waals surface area (Å²) < 4.78 is 12.6. The van der Waals surface area contributed by atoms with Crippen molar-refractivity contribution >= 4 is 23.7 Å². The van der Waals surface area contributed by atoms with Crippen LogP contribution in [0.5, 0.6) is 0 Å². The normalized spacial score (nSPS) is 25.2. The van der Waals surface area contributed by atoms with Crippen molar-refractivity contribution in [2.24, 2.45) is 5.41 Å². The maximum Gasteiger partial charge on any atom is 0.414 e. The summed E-state index contributed by atoms with van der Waals surface area (Å²) in [6.45, 7) is 11.7. The summed E-state index contributed by atoms with van der Waals surface area (Å²) >= 11 is 0. The Hall–Kier alpha value is -2.58. The minimum Gasteiger partial charge on any atom is -0.448 e. The van der Waals surface area contributed by atoms with E-state index in [1.807, 2.05) is 27.7 Å².